The highest BCUT2D eigenvalue weighted by Crippen LogP contribution is 2.31. The summed E-state index contributed by atoms with van der Waals surface area (Å²) >= 11 is 4.66. The third kappa shape index (κ3) is 5.37. The second-order valence-electron chi connectivity index (χ2n) is 8.86. The SMILES string of the molecule is CCOC(=O)C1=C(C)N=c2s/c(=C\c3ccc(-c4cccc(C(=O)OCC)c4)o3)c(=O)n2[C@@H]1c1ccc(Br)cc1. The van der Waals surface area contributed by atoms with E-state index in [2.05, 4.69) is 20.9 Å². The molecule has 0 spiro atoms. The average molecular weight is 622 g/mol. The van der Waals surface area contributed by atoms with Crippen molar-refractivity contribution >= 4 is 45.3 Å². The first-order valence-corrected chi connectivity index (χ1v) is 14.2. The second-order valence-corrected chi connectivity index (χ2v) is 10.8. The minimum absolute atomic E-state index is 0.205. The summed E-state index contributed by atoms with van der Waals surface area (Å²) in [5.74, 6) is 0.0865. The Morgan fingerprint density at radius 1 is 1.05 bits per heavy atom. The lowest BCUT2D eigenvalue weighted by Crippen LogP contribution is -2.39. The molecule has 2 aromatic carbocycles. The molecule has 0 radical (unpaired) electrons. The molecule has 0 bridgehead atoms. The molecular weight excluding hydrogens is 596 g/mol. The summed E-state index contributed by atoms with van der Waals surface area (Å²) in [6.07, 6.45) is 1.66. The number of benzene rings is 2. The number of hydrogen-bond acceptors (Lipinski definition) is 8. The maximum Gasteiger partial charge on any atom is 0.338 e. The van der Waals surface area contributed by atoms with Crippen molar-refractivity contribution in [1.82, 2.24) is 4.57 Å². The largest absolute Gasteiger partial charge is 0.463 e. The Bertz CT molecular complexity index is 1810. The molecule has 0 aliphatic carbocycles. The van der Waals surface area contributed by atoms with Crippen LogP contribution < -0.4 is 14.9 Å². The van der Waals surface area contributed by atoms with Gasteiger partial charge in [0.25, 0.3) is 5.56 Å². The van der Waals surface area contributed by atoms with Gasteiger partial charge in [0.05, 0.1) is 40.6 Å². The molecule has 3 heterocycles. The maximum atomic E-state index is 13.8. The van der Waals surface area contributed by atoms with Crippen LogP contribution in [0.4, 0.5) is 0 Å². The zero-order valence-corrected chi connectivity index (χ0v) is 24.4. The number of carbonyl (C=O) groups is 2. The van der Waals surface area contributed by atoms with E-state index in [4.69, 9.17) is 13.9 Å². The lowest BCUT2D eigenvalue weighted by Gasteiger charge is -2.24. The lowest BCUT2D eigenvalue weighted by atomic mass is 9.96. The molecule has 0 amide bonds. The van der Waals surface area contributed by atoms with Crippen molar-refractivity contribution in [2.24, 2.45) is 4.99 Å². The number of thiazole rings is 1. The van der Waals surface area contributed by atoms with E-state index in [0.29, 0.717) is 43.3 Å². The van der Waals surface area contributed by atoms with Gasteiger partial charge in [-0.25, -0.2) is 14.6 Å². The van der Waals surface area contributed by atoms with Crippen molar-refractivity contribution in [1.29, 1.82) is 0 Å². The zero-order valence-electron chi connectivity index (χ0n) is 22.0. The zero-order chi connectivity index (χ0) is 28.4. The fourth-order valence-electron chi connectivity index (χ4n) is 4.48. The lowest BCUT2D eigenvalue weighted by molar-refractivity contribution is -0.139. The Morgan fingerprint density at radius 2 is 1.77 bits per heavy atom. The van der Waals surface area contributed by atoms with Gasteiger partial charge < -0.3 is 13.9 Å². The Kier molecular flexibility index (Phi) is 7.99. The molecule has 2 aromatic heterocycles. The fraction of sp³-hybridized carbons (Fsp3) is 0.200. The van der Waals surface area contributed by atoms with Crippen LogP contribution in [0.25, 0.3) is 17.4 Å². The number of nitrogens with zero attached hydrogens (tertiary/aromatic N) is 2. The van der Waals surface area contributed by atoms with Gasteiger partial charge in [-0.05, 0) is 62.7 Å². The van der Waals surface area contributed by atoms with Crippen LogP contribution in [0.3, 0.4) is 0 Å². The van der Waals surface area contributed by atoms with Crippen LogP contribution in [-0.4, -0.2) is 29.7 Å². The normalized spacial score (nSPS) is 15.0. The van der Waals surface area contributed by atoms with Crippen LogP contribution in [0, 0.1) is 0 Å². The van der Waals surface area contributed by atoms with Crippen molar-refractivity contribution in [2.45, 2.75) is 26.8 Å². The highest BCUT2D eigenvalue weighted by molar-refractivity contribution is 9.10. The summed E-state index contributed by atoms with van der Waals surface area (Å²) in [6, 6.07) is 17.3. The van der Waals surface area contributed by atoms with E-state index in [9.17, 15) is 14.4 Å². The second kappa shape index (κ2) is 11.6. The topological polar surface area (TPSA) is 100 Å². The van der Waals surface area contributed by atoms with Crippen LogP contribution >= 0.6 is 27.3 Å². The molecule has 0 saturated carbocycles. The van der Waals surface area contributed by atoms with Crippen molar-refractivity contribution < 1.29 is 23.5 Å². The van der Waals surface area contributed by atoms with Gasteiger partial charge in [-0.3, -0.25) is 9.36 Å². The van der Waals surface area contributed by atoms with Crippen molar-refractivity contribution in [3.05, 3.63) is 113 Å². The number of aromatic nitrogens is 1. The van der Waals surface area contributed by atoms with Crippen molar-refractivity contribution in [3.63, 3.8) is 0 Å². The molecule has 0 N–H and O–H groups in total. The van der Waals surface area contributed by atoms with Gasteiger partial charge in [0.15, 0.2) is 4.80 Å². The summed E-state index contributed by atoms with van der Waals surface area (Å²) in [7, 11) is 0. The van der Waals surface area contributed by atoms with Gasteiger partial charge in [0.2, 0.25) is 0 Å². The molecule has 8 nitrogen and oxygen atoms in total. The van der Waals surface area contributed by atoms with E-state index in [1.165, 1.54) is 15.9 Å². The summed E-state index contributed by atoms with van der Waals surface area (Å²) in [6.45, 7) is 5.73. The quantitative estimate of drug-likeness (QED) is 0.270. The van der Waals surface area contributed by atoms with E-state index >= 15 is 0 Å². The van der Waals surface area contributed by atoms with Gasteiger partial charge in [0, 0.05) is 16.1 Å². The molecule has 4 aromatic rings. The monoisotopic (exact) mass is 620 g/mol. The van der Waals surface area contributed by atoms with E-state index in [-0.39, 0.29) is 18.8 Å². The summed E-state index contributed by atoms with van der Waals surface area (Å²) in [5.41, 5.74) is 2.41. The molecule has 0 fully saturated rings. The van der Waals surface area contributed by atoms with Crippen LogP contribution in [0.15, 0.2) is 90.6 Å². The summed E-state index contributed by atoms with van der Waals surface area (Å²) in [5, 5.41) is 0. The number of hydrogen-bond donors (Lipinski definition) is 0. The van der Waals surface area contributed by atoms with Crippen molar-refractivity contribution in [2.75, 3.05) is 13.2 Å². The van der Waals surface area contributed by atoms with E-state index in [0.717, 1.165) is 10.0 Å². The highest BCUT2D eigenvalue weighted by Gasteiger charge is 2.33. The molecular formula is C30H25BrN2O6S. The third-order valence-electron chi connectivity index (χ3n) is 6.26. The van der Waals surface area contributed by atoms with Crippen molar-refractivity contribution in [3.8, 4) is 11.3 Å². The number of fused-ring (bicyclic) bond motifs is 1. The summed E-state index contributed by atoms with van der Waals surface area (Å²) < 4.78 is 19.3. The van der Waals surface area contributed by atoms with Crippen LogP contribution in [-0.2, 0) is 14.3 Å². The predicted molar refractivity (Wildman–Crippen MR) is 155 cm³/mol. The van der Waals surface area contributed by atoms with Gasteiger partial charge in [-0.1, -0.05) is 51.5 Å². The Labute approximate surface area is 242 Å². The smallest absolute Gasteiger partial charge is 0.338 e. The Hall–Kier alpha value is -4.02. The molecule has 40 heavy (non-hydrogen) atoms. The number of halogens is 1. The number of rotatable bonds is 7. The summed E-state index contributed by atoms with van der Waals surface area (Å²) in [4.78, 5) is 44.0. The first kappa shape index (κ1) is 27.5. The molecule has 5 rings (SSSR count). The average Bonchev–Trinajstić information content (AvgIpc) is 3.53. The number of furan rings is 1. The minimum Gasteiger partial charge on any atom is -0.463 e. The first-order valence-electron chi connectivity index (χ1n) is 12.6. The molecule has 10 heteroatoms. The molecule has 0 saturated heterocycles. The minimum atomic E-state index is -0.691. The molecule has 1 aliphatic heterocycles. The van der Waals surface area contributed by atoms with E-state index in [1.807, 2.05) is 30.3 Å². The molecule has 0 unspecified atom stereocenters. The van der Waals surface area contributed by atoms with Gasteiger partial charge in [-0.15, -0.1) is 0 Å². The number of ether oxygens (including phenoxy) is 2. The number of allylic oxidation sites excluding steroid dienone is 1. The molecule has 204 valence electrons. The third-order valence-corrected chi connectivity index (χ3v) is 7.77. The van der Waals surface area contributed by atoms with E-state index < -0.39 is 18.0 Å². The van der Waals surface area contributed by atoms with Crippen LogP contribution in [0.1, 0.15) is 48.5 Å². The first-order chi connectivity index (χ1) is 19.3. The van der Waals surface area contributed by atoms with E-state index in [1.54, 1.807) is 57.2 Å². The maximum absolute atomic E-state index is 13.8. The van der Waals surface area contributed by atoms with Crippen LogP contribution in [0.2, 0.25) is 0 Å². The molecule has 1 aliphatic rings. The standard InChI is InChI=1S/C30H25BrN2O6S/c1-4-37-28(35)20-8-6-7-19(15-20)23-14-13-22(39-23)16-24-27(34)33-26(18-9-11-21(31)12-10-18)25(29(36)38-5-2)17(3)32-30(33)40-24/h6-16,26H,4-5H2,1-3H3/b24-16-/t26-/m1/s1. The van der Waals surface area contributed by atoms with Gasteiger partial charge >= 0.3 is 11.9 Å². The number of esters is 2. The predicted octanol–water partition coefficient (Wildman–Crippen LogP) is 5.00. The Balaban J connectivity index is 1.57. The number of carbonyl (C=O) groups excluding carboxylic acids is 2. The highest BCUT2D eigenvalue weighted by atomic mass is 79.9. The van der Waals surface area contributed by atoms with Gasteiger partial charge in [0.1, 0.15) is 11.5 Å². The van der Waals surface area contributed by atoms with Gasteiger partial charge in [-0.2, -0.15) is 0 Å². The Morgan fingerprint density at radius 3 is 2.50 bits per heavy atom. The fourth-order valence-corrected chi connectivity index (χ4v) is 5.77. The van der Waals surface area contributed by atoms with Crippen LogP contribution in [0.5, 0.6) is 0 Å². The molecule has 1 atom stereocenters.